The van der Waals surface area contributed by atoms with E-state index in [9.17, 15) is 9.18 Å². The van der Waals surface area contributed by atoms with Crippen molar-refractivity contribution in [2.45, 2.75) is 9.74 Å². The van der Waals surface area contributed by atoms with Crippen LogP contribution >= 0.6 is 15.9 Å². The summed E-state index contributed by atoms with van der Waals surface area (Å²) in [6.45, 7) is 4.65. The maximum absolute atomic E-state index is 14.3. The molecule has 4 saturated heterocycles. The van der Waals surface area contributed by atoms with Crippen LogP contribution in [0.3, 0.4) is 0 Å². The molecule has 3 nitrogen and oxygen atoms in total. The van der Waals surface area contributed by atoms with Gasteiger partial charge < -0.3 is 0 Å². The molecule has 5 heteroatoms. The maximum atomic E-state index is 14.3. The molecular formula is C15H16BrFN2O. The van der Waals surface area contributed by atoms with Gasteiger partial charge in [-0.25, -0.2) is 4.39 Å². The highest BCUT2D eigenvalue weighted by Crippen LogP contribution is 2.46. The standard InChI is InChI=1S/C15H16BrFN2O/c16-15-9-18-5-6-19(10-15)8-14(7-18,13(15)20)11-3-1-2-4-12(11)17/h1-4H,5-10H2. The fourth-order valence-corrected chi connectivity index (χ4v) is 5.23. The molecule has 4 aliphatic rings. The van der Waals surface area contributed by atoms with Crippen molar-refractivity contribution in [2.75, 3.05) is 39.3 Å². The van der Waals surface area contributed by atoms with Crippen LogP contribution < -0.4 is 0 Å². The number of benzene rings is 1. The highest BCUT2D eigenvalue weighted by atomic mass is 79.9. The van der Waals surface area contributed by atoms with E-state index in [1.165, 1.54) is 6.07 Å². The summed E-state index contributed by atoms with van der Waals surface area (Å²) in [6.07, 6.45) is 0. The van der Waals surface area contributed by atoms with Gasteiger partial charge in [0, 0.05) is 44.8 Å². The predicted molar refractivity (Wildman–Crippen MR) is 77.6 cm³/mol. The molecule has 0 radical (unpaired) electrons. The molecule has 4 heterocycles. The molecule has 0 N–H and O–H groups in total. The number of halogens is 2. The number of fused-ring (bicyclic) bond motifs is 1. The first-order valence-corrected chi connectivity index (χ1v) is 7.76. The summed E-state index contributed by atoms with van der Waals surface area (Å²) >= 11 is 3.67. The first kappa shape index (κ1) is 12.9. The minimum atomic E-state index is -0.720. The van der Waals surface area contributed by atoms with Crippen LogP contribution in [0.4, 0.5) is 4.39 Å². The molecule has 2 unspecified atom stereocenters. The van der Waals surface area contributed by atoms with Crippen LogP contribution in [0.25, 0.3) is 0 Å². The van der Waals surface area contributed by atoms with Gasteiger partial charge in [0.1, 0.15) is 10.1 Å². The Morgan fingerprint density at radius 3 is 2.25 bits per heavy atom. The van der Waals surface area contributed by atoms with Crippen LogP contribution in [0.1, 0.15) is 5.56 Å². The Bertz CT molecular complexity index is 575. The molecule has 0 spiro atoms. The summed E-state index contributed by atoms with van der Waals surface area (Å²) in [5, 5.41) is 0. The van der Waals surface area contributed by atoms with E-state index in [-0.39, 0.29) is 11.6 Å². The van der Waals surface area contributed by atoms with Crippen LogP contribution in [-0.4, -0.2) is 59.2 Å². The van der Waals surface area contributed by atoms with Crippen LogP contribution in [0, 0.1) is 5.82 Å². The van der Waals surface area contributed by atoms with E-state index in [2.05, 4.69) is 25.7 Å². The highest BCUT2D eigenvalue weighted by Gasteiger charge is 2.61. The van der Waals surface area contributed by atoms with E-state index in [0.717, 1.165) is 26.2 Å². The van der Waals surface area contributed by atoms with Crippen LogP contribution in [0.2, 0.25) is 0 Å². The van der Waals surface area contributed by atoms with E-state index in [0.29, 0.717) is 18.7 Å². The molecule has 0 aliphatic carbocycles. The summed E-state index contributed by atoms with van der Waals surface area (Å²) < 4.78 is 13.8. The zero-order valence-electron chi connectivity index (χ0n) is 11.1. The third kappa shape index (κ3) is 1.60. The molecule has 4 aliphatic heterocycles. The first-order chi connectivity index (χ1) is 9.53. The number of ketones is 1. The van der Waals surface area contributed by atoms with Crippen molar-refractivity contribution in [3.05, 3.63) is 35.6 Å². The number of hydrogen-bond acceptors (Lipinski definition) is 3. The second-order valence-electron chi connectivity index (χ2n) is 6.28. The lowest BCUT2D eigenvalue weighted by Gasteiger charge is -2.52. The Morgan fingerprint density at radius 2 is 1.65 bits per heavy atom. The second-order valence-corrected chi connectivity index (χ2v) is 7.80. The molecule has 1 aromatic rings. The normalized spacial score (nSPS) is 42.8. The van der Waals surface area contributed by atoms with Crippen molar-refractivity contribution in [3.63, 3.8) is 0 Å². The Balaban J connectivity index is 1.92. The van der Waals surface area contributed by atoms with E-state index >= 15 is 0 Å². The summed E-state index contributed by atoms with van der Waals surface area (Å²) in [5.74, 6) is -0.106. The average molecular weight is 339 g/mol. The fraction of sp³-hybridized carbons (Fsp3) is 0.533. The predicted octanol–water partition coefficient (Wildman–Crippen LogP) is 1.41. The molecule has 2 atom stereocenters. The number of piperidine rings is 2. The molecule has 106 valence electrons. The molecule has 0 saturated carbocycles. The smallest absolute Gasteiger partial charge is 0.165 e. The topological polar surface area (TPSA) is 23.6 Å². The van der Waals surface area contributed by atoms with Crippen molar-refractivity contribution < 1.29 is 9.18 Å². The minimum Gasteiger partial charge on any atom is -0.299 e. The van der Waals surface area contributed by atoms with Crippen molar-refractivity contribution >= 4 is 21.7 Å². The van der Waals surface area contributed by atoms with Gasteiger partial charge in [0.25, 0.3) is 0 Å². The lowest BCUT2D eigenvalue weighted by Crippen LogP contribution is -2.70. The first-order valence-electron chi connectivity index (χ1n) is 6.97. The zero-order chi connectivity index (χ0) is 14.0. The minimum absolute atomic E-state index is 0.157. The lowest BCUT2D eigenvalue weighted by molar-refractivity contribution is -0.135. The SMILES string of the molecule is O=C1C2(Br)CN3CCN(C2)CC1(c1ccccc1F)C3. The van der Waals surface area contributed by atoms with E-state index in [4.69, 9.17) is 0 Å². The monoisotopic (exact) mass is 338 g/mol. The van der Waals surface area contributed by atoms with Gasteiger partial charge in [-0.3, -0.25) is 14.6 Å². The van der Waals surface area contributed by atoms with Crippen molar-refractivity contribution in [3.8, 4) is 0 Å². The summed E-state index contributed by atoms with van der Waals surface area (Å²) in [5.41, 5.74) is -0.160. The summed E-state index contributed by atoms with van der Waals surface area (Å²) in [4.78, 5) is 17.7. The van der Waals surface area contributed by atoms with Crippen LogP contribution in [0.5, 0.6) is 0 Å². The number of rotatable bonds is 1. The molecule has 1 aromatic carbocycles. The van der Waals surface area contributed by atoms with E-state index < -0.39 is 9.74 Å². The number of hydrogen-bond donors (Lipinski definition) is 0. The maximum Gasteiger partial charge on any atom is 0.165 e. The Kier molecular flexibility index (Phi) is 2.66. The van der Waals surface area contributed by atoms with Crippen molar-refractivity contribution in [1.82, 2.24) is 9.80 Å². The number of Topliss-reactive ketones (excluding diaryl/α,β-unsaturated/α-hetero) is 1. The summed E-state index contributed by atoms with van der Waals surface area (Å²) in [6, 6.07) is 6.75. The van der Waals surface area contributed by atoms with Gasteiger partial charge in [-0.1, -0.05) is 34.1 Å². The second kappa shape index (κ2) is 4.12. The van der Waals surface area contributed by atoms with Gasteiger partial charge in [0.2, 0.25) is 0 Å². The van der Waals surface area contributed by atoms with E-state index in [1.54, 1.807) is 12.1 Å². The molecule has 5 rings (SSSR count). The quantitative estimate of drug-likeness (QED) is 0.723. The largest absolute Gasteiger partial charge is 0.299 e. The molecule has 20 heavy (non-hydrogen) atoms. The third-order valence-corrected chi connectivity index (χ3v) is 5.76. The molecular weight excluding hydrogens is 323 g/mol. The fourth-order valence-electron chi connectivity index (χ4n) is 4.14. The molecule has 0 aromatic heterocycles. The summed E-state index contributed by atoms with van der Waals surface area (Å²) in [7, 11) is 0. The molecule has 4 fully saturated rings. The third-order valence-electron chi connectivity index (χ3n) is 4.90. The number of carbonyl (C=O) groups excluding carboxylic acids is 1. The van der Waals surface area contributed by atoms with Gasteiger partial charge in [-0.05, 0) is 6.07 Å². The Labute approximate surface area is 125 Å². The highest BCUT2D eigenvalue weighted by molar-refractivity contribution is 9.10. The Morgan fingerprint density at radius 1 is 1.05 bits per heavy atom. The molecule has 0 amide bonds. The lowest BCUT2D eigenvalue weighted by atomic mass is 9.67. The van der Waals surface area contributed by atoms with Gasteiger partial charge >= 0.3 is 0 Å². The van der Waals surface area contributed by atoms with Crippen molar-refractivity contribution in [1.29, 1.82) is 0 Å². The van der Waals surface area contributed by atoms with Crippen LogP contribution in [0.15, 0.2) is 24.3 Å². The van der Waals surface area contributed by atoms with Gasteiger partial charge in [0.15, 0.2) is 5.78 Å². The van der Waals surface area contributed by atoms with Gasteiger partial charge in [0.05, 0.1) is 5.41 Å². The Hall–Kier alpha value is -0.780. The number of alkyl halides is 1. The number of nitrogens with zero attached hydrogens (tertiary/aromatic N) is 2. The van der Waals surface area contributed by atoms with Crippen LogP contribution in [-0.2, 0) is 10.2 Å². The van der Waals surface area contributed by atoms with Gasteiger partial charge in [-0.2, -0.15) is 0 Å². The van der Waals surface area contributed by atoms with Crippen molar-refractivity contribution in [2.24, 2.45) is 0 Å². The molecule has 4 bridgehead atoms. The number of carbonyl (C=O) groups is 1. The average Bonchev–Trinajstić information content (AvgIpc) is 2.63. The van der Waals surface area contributed by atoms with E-state index in [1.807, 2.05) is 6.07 Å². The van der Waals surface area contributed by atoms with Gasteiger partial charge in [-0.15, -0.1) is 0 Å². The zero-order valence-corrected chi connectivity index (χ0v) is 12.7.